The molecule has 0 radical (unpaired) electrons. The Labute approximate surface area is 166 Å². The molecule has 2 aromatic rings. The molecule has 1 atom stereocenters. The van der Waals surface area contributed by atoms with E-state index in [9.17, 15) is 4.79 Å². The topological polar surface area (TPSA) is 71.7 Å². The molecule has 0 bridgehead atoms. The number of amides is 1. The molecular weight excluding hydrogens is 352 g/mol. The van der Waals surface area contributed by atoms with Gasteiger partial charge in [0.25, 0.3) is 5.91 Å². The zero-order valence-corrected chi connectivity index (χ0v) is 16.4. The third-order valence-electron chi connectivity index (χ3n) is 5.88. The van der Waals surface area contributed by atoms with Crippen LogP contribution in [-0.2, 0) is 16.0 Å². The van der Waals surface area contributed by atoms with Crippen molar-refractivity contribution >= 4 is 17.4 Å². The first-order valence-electron chi connectivity index (χ1n) is 10.0. The van der Waals surface area contributed by atoms with E-state index in [-0.39, 0.29) is 11.5 Å². The van der Waals surface area contributed by atoms with E-state index >= 15 is 0 Å². The van der Waals surface area contributed by atoms with Gasteiger partial charge in [0.1, 0.15) is 11.9 Å². The first-order chi connectivity index (χ1) is 13.5. The molecule has 1 spiro atoms. The number of aromatic nitrogens is 1. The van der Waals surface area contributed by atoms with E-state index in [2.05, 4.69) is 9.88 Å². The molecule has 2 N–H and O–H groups in total. The average Bonchev–Trinajstić information content (AvgIpc) is 2.71. The third-order valence-corrected chi connectivity index (χ3v) is 5.88. The highest BCUT2D eigenvalue weighted by atomic mass is 16.5. The summed E-state index contributed by atoms with van der Waals surface area (Å²) in [4.78, 5) is 21.1. The summed E-state index contributed by atoms with van der Waals surface area (Å²) in [7, 11) is 0. The number of rotatable bonds is 4. The molecule has 1 aromatic carbocycles. The summed E-state index contributed by atoms with van der Waals surface area (Å²) >= 11 is 0. The number of nitrogens with zero attached hydrogens (tertiary/aromatic N) is 3. The molecule has 2 fully saturated rings. The molecule has 148 valence electrons. The largest absolute Gasteiger partial charge is 0.384 e. The maximum Gasteiger partial charge on any atom is 0.255 e. The number of likely N-dealkylation sites (tertiary alicyclic amines) is 1. The van der Waals surface area contributed by atoms with Crippen LogP contribution in [0.4, 0.5) is 11.5 Å². The van der Waals surface area contributed by atoms with Crippen molar-refractivity contribution < 1.29 is 9.53 Å². The van der Waals surface area contributed by atoms with Crippen LogP contribution in [0.2, 0.25) is 0 Å². The molecule has 4 rings (SSSR count). The Hall–Kier alpha value is -2.44. The first kappa shape index (κ1) is 18.9. The Kier molecular flexibility index (Phi) is 5.33. The summed E-state index contributed by atoms with van der Waals surface area (Å²) in [6.07, 6.45) is 4.20. The number of hydrogen-bond acceptors (Lipinski definition) is 5. The number of piperidine rings is 1. The third kappa shape index (κ3) is 4.03. The van der Waals surface area contributed by atoms with Crippen LogP contribution >= 0.6 is 0 Å². The van der Waals surface area contributed by atoms with Crippen molar-refractivity contribution in [3.63, 3.8) is 0 Å². The second-order valence-corrected chi connectivity index (χ2v) is 7.88. The summed E-state index contributed by atoms with van der Waals surface area (Å²) in [6.45, 7) is 5.46. The van der Waals surface area contributed by atoms with Crippen molar-refractivity contribution in [2.24, 2.45) is 0 Å². The van der Waals surface area contributed by atoms with Gasteiger partial charge < -0.3 is 20.3 Å². The summed E-state index contributed by atoms with van der Waals surface area (Å²) in [5.74, 6) is 0.625. The molecule has 3 heterocycles. The molecule has 0 aliphatic carbocycles. The lowest BCUT2D eigenvalue weighted by atomic mass is 9.88. The van der Waals surface area contributed by atoms with Crippen LogP contribution in [0.3, 0.4) is 0 Å². The molecule has 1 aromatic heterocycles. The van der Waals surface area contributed by atoms with Gasteiger partial charge in [-0.1, -0.05) is 18.2 Å². The lowest BCUT2D eigenvalue weighted by Crippen LogP contribution is -2.61. The minimum Gasteiger partial charge on any atom is -0.384 e. The van der Waals surface area contributed by atoms with E-state index in [0.717, 1.165) is 44.6 Å². The number of morpholine rings is 1. The predicted molar refractivity (Wildman–Crippen MR) is 110 cm³/mol. The summed E-state index contributed by atoms with van der Waals surface area (Å²) in [5.41, 5.74) is 7.70. The Bertz CT molecular complexity index is 818. The molecule has 0 saturated carbocycles. The van der Waals surface area contributed by atoms with Crippen LogP contribution < -0.4 is 10.6 Å². The molecule has 28 heavy (non-hydrogen) atoms. The smallest absolute Gasteiger partial charge is 0.255 e. The molecule has 1 unspecified atom stereocenters. The van der Waals surface area contributed by atoms with E-state index in [1.807, 2.05) is 54.3 Å². The Morgan fingerprint density at radius 3 is 2.68 bits per heavy atom. The zero-order chi connectivity index (χ0) is 19.6. The van der Waals surface area contributed by atoms with E-state index in [4.69, 9.17) is 10.5 Å². The highest BCUT2D eigenvalue weighted by molar-refractivity contribution is 5.97. The minimum absolute atomic E-state index is 0.0505. The fourth-order valence-corrected chi connectivity index (χ4v) is 4.27. The van der Waals surface area contributed by atoms with Gasteiger partial charge in [0.2, 0.25) is 0 Å². The molecule has 6 nitrogen and oxygen atoms in total. The molecule has 2 aliphatic rings. The van der Waals surface area contributed by atoms with Crippen molar-refractivity contribution in [3.05, 3.63) is 54.2 Å². The monoisotopic (exact) mass is 380 g/mol. The number of ether oxygens (including phenoxy) is 1. The summed E-state index contributed by atoms with van der Waals surface area (Å²) in [5, 5.41) is 0. The number of pyridine rings is 1. The molecule has 1 amide bonds. The summed E-state index contributed by atoms with van der Waals surface area (Å²) < 4.78 is 6.26. The fraction of sp³-hybridized carbons (Fsp3) is 0.455. The minimum atomic E-state index is -0.402. The number of carbonyl (C=O) groups excluding carboxylic acids is 1. The second-order valence-electron chi connectivity index (χ2n) is 7.88. The van der Waals surface area contributed by atoms with Gasteiger partial charge in [0.15, 0.2) is 0 Å². The van der Waals surface area contributed by atoms with Crippen LogP contribution in [-0.4, -0.2) is 53.7 Å². The second kappa shape index (κ2) is 7.89. The lowest BCUT2D eigenvalue weighted by molar-refractivity contribution is -0.161. The van der Waals surface area contributed by atoms with Gasteiger partial charge in [0.05, 0.1) is 12.1 Å². The quantitative estimate of drug-likeness (QED) is 0.882. The van der Waals surface area contributed by atoms with Crippen LogP contribution in [0.15, 0.2) is 48.7 Å². The number of anilines is 2. The number of hydrogen-bond donors (Lipinski definition) is 1. The van der Waals surface area contributed by atoms with Crippen LogP contribution in [0.5, 0.6) is 0 Å². The van der Waals surface area contributed by atoms with Crippen LogP contribution in [0.1, 0.15) is 25.3 Å². The Morgan fingerprint density at radius 2 is 1.96 bits per heavy atom. The lowest BCUT2D eigenvalue weighted by Gasteiger charge is -2.49. The van der Waals surface area contributed by atoms with Crippen LogP contribution in [0, 0.1) is 0 Å². The van der Waals surface area contributed by atoms with Crippen molar-refractivity contribution in [3.8, 4) is 0 Å². The van der Waals surface area contributed by atoms with Crippen LogP contribution in [0.25, 0.3) is 0 Å². The fourth-order valence-electron chi connectivity index (χ4n) is 4.27. The van der Waals surface area contributed by atoms with Gasteiger partial charge in [-0.25, -0.2) is 4.98 Å². The van der Waals surface area contributed by atoms with E-state index in [0.29, 0.717) is 12.4 Å². The number of carbonyl (C=O) groups is 1. The predicted octanol–water partition coefficient (Wildman–Crippen LogP) is 2.49. The van der Waals surface area contributed by atoms with Gasteiger partial charge in [-0.3, -0.25) is 4.79 Å². The number of nitrogens with two attached hydrogens (primary N) is 1. The van der Waals surface area contributed by atoms with Gasteiger partial charge >= 0.3 is 0 Å². The van der Waals surface area contributed by atoms with Crippen molar-refractivity contribution in [2.45, 2.75) is 37.9 Å². The standard InChI is InChI=1S/C22H28N4O2/c1-17-21(27)26(19-5-3-2-4-6-19)16-22(28-17)9-13-25(14-10-22)12-8-18-7-11-24-20(23)15-18/h2-7,11,15,17H,8-10,12-14,16H2,1H3,(H2,23,24). The van der Waals surface area contributed by atoms with E-state index < -0.39 is 6.10 Å². The first-order valence-corrected chi connectivity index (χ1v) is 10.0. The SMILES string of the molecule is CC1OC2(CCN(CCc3ccnc(N)c3)CC2)CN(c2ccccc2)C1=O. The van der Waals surface area contributed by atoms with Gasteiger partial charge in [-0.2, -0.15) is 0 Å². The molecular formula is C22H28N4O2. The number of para-hydroxylation sites is 1. The van der Waals surface area contributed by atoms with Crippen molar-refractivity contribution in [2.75, 3.05) is 36.8 Å². The maximum atomic E-state index is 12.7. The number of benzene rings is 1. The van der Waals surface area contributed by atoms with Gasteiger partial charge in [-0.15, -0.1) is 0 Å². The molecule has 6 heteroatoms. The maximum absolute atomic E-state index is 12.7. The average molecular weight is 380 g/mol. The van der Waals surface area contributed by atoms with Gasteiger partial charge in [-0.05, 0) is 56.0 Å². The highest BCUT2D eigenvalue weighted by Gasteiger charge is 2.45. The summed E-state index contributed by atoms with van der Waals surface area (Å²) in [6, 6.07) is 13.9. The zero-order valence-electron chi connectivity index (χ0n) is 16.4. The normalized spacial score (nSPS) is 22.5. The van der Waals surface area contributed by atoms with Gasteiger partial charge in [0, 0.05) is 31.5 Å². The van der Waals surface area contributed by atoms with E-state index in [1.54, 1.807) is 6.20 Å². The Morgan fingerprint density at radius 1 is 1.21 bits per heavy atom. The van der Waals surface area contributed by atoms with E-state index in [1.165, 1.54) is 5.56 Å². The number of nitrogen functional groups attached to an aromatic ring is 1. The Balaban J connectivity index is 1.38. The van der Waals surface area contributed by atoms with Crippen molar-refractivity contribution in [1.82, 2.24) is 9.88 Å². The van der Waals surface area contributed by atoms with Crippen molar-refractivity contribution in [1.29, 1.82) is 0 Å². The molecule has 2 saturated heterocycles. The molecule has 2 aliphatic heterocycles. The highest BCUT2D eigenvalue weighted by Crippen LogP contribution is 2.35.